The summed E-state index contributed by atoms with van der Waals surface area (Å²) in [5, 5.41) is 0. The highest BCUT2D eigenvalue weighted by molar-refractivity contribution is 5.70. The predicted octanol–water partition coefficient (Wildman–Crippen LogP) is 1.62. The number of hydrogen-bond donors (Lipinski definition) is 1. The summed E-state index contributed by atoms with van der Waals surface area (Å²) in [4.78, 5) is 10.9. The molecule has 0 saturated heterocycles. The Morgan fingerprint density at radius 1 is 1.28 bits per heavy atom. The predicted molar refractivity (Wildman–Crippen MR) is 68.4 cm³/mol. The van der Waals surface area contributed by atoms with Crippen LogP contribution in [0.25, 0.3) is 0 Å². The van der Waals surface area contributed by atoms with Crippen molar-refractivity contribution in [3.63, 3.8) is 0 Å². The van der Waals surface area contributed by atoms with Gasteiger partial charge in [-0.3, -0.25) is 0 Å². The topological polar surface area (TPSA) is 70.8 Å². The van der Waals surface area contributed by atoms with Gasteiger partial charge < -0.3 is 19.9 Å². The minimum absolute atomic E-state index is 0.0126. The van der Waals surface area contributed by atoms with Crippen molar-refractivity contribution >= 4 is 11.7 Å². The molecule has 0 aliphatic carbocycles. The van der Waals surface area contributed by atoms with Crippen molar-refractivity contribution in [2.24, 2.45) is 0 Å². The van der Waals surface area contributed by atoms with Crippen LogP contribution in [-0.2, 0) is 14.3 Å². The fourth-order valence-corrected chi connectivity index (χ4v) is 1.31. The van der Waals surface area contributed by atoms with Crippen LogP contribution in [0.15, 0.2) is 24.3 Å². The van der Waals surface area contributed by atoms with E-state index in [2.05, 4.69) is 0 Å². The Labute approximate surface area is 107 Å². The van der Waals surface area contributed by atoms with E-state index in [1.165, 1.54) is 0 Å². The van der Waals surface area contributed by atoms with Crippen LogP contribution >= 0.6 is 0 Å². The van der Waals surface area contributed by atoms with Crippen molar-refractivity contribution in [3.8, 4) is 5.75 Å². The average Bonchev–Trinajstić information content (AvgIpc) is 2.36. The molecule has 0 heterocycles. The molecule has 1 aromatic carbocycles. The van der Waals surface area contributed by atoms with Crippen molar-refractivity contribution in [3.05, 3.63) is 24.3 Å². The molecule has 5 heteroatoms. The molecule has 1 aromatic rings. The van der Waals surface area contributed by atoms with Gasteiger partial charge in [-0.15, -0.1) is 0 Å². The normalized spacial score (nSPS) is 10.1. The third-order valence-electron chi connectivity index (χ3n) is 2.13. The van der Waals surface area contributed by atoms with Crippen LogP contribution in [-0.4, -0.2) is 32.4 Å². The third-order valence-corrected chi connectivity index (χ3v) is 2.13. The second-order valence-electron chi connectivity index (χ2n) is 3.60. The zero-order valence-corrected chi connectivity index (χ0v) is 10.6. The van der Waals surface area contributed by atoms with Crippen molar-refractivity contribution < 1.29 is 19.0 Å². The lowest BCUT2D eigenvalue weighted by molar-refractivity contribution is -0.148. The number of carbonyl (C=O) groups is 1. The number of rotatable bonds is 8. The summed E-state index contributed by atoms with van der Waals surface area (Å²) in [5.74, 6) is 0.327. The Balaban J connectivity index is 2.06. The highest BCUT2D eigenvalue weighted by Gasteiger charge is 2.01. The van der Waals surface area contributed by atoms with Crippen LogP contribution in [0.5, 0.6) is 5.75 Å². The van der Waals surface area contributed by atoms with Gasteiger partial charge in [0.05, 0.1) is 25.5 Å². The SMILES string of the molecule is CCOC(=O)COCCCOc1ccccc1N. The molecule has 18 heavy (non-hydrogen) atoms. The van der Waals surface area contributed by atoms with E-state index in [9.17, 15) is 4.79 Å². The summed E-state index contributed by atoms with van der Waals surface area (Å²) in [6.45, 7) is 3.07. The van der Waals surface area contributed by atoms with Gasteiger partial charge in [-0.2, -0.15) is 0 Å². The lowest BCUT2D eigenvalue weighted by Crippen LogP contribution is -2.14. The van der Waals surface area contributed by atoms with E-state index in [4.69, 9.17) is 19.9 Å². The molecule has 2 N–H and O–H groups in total. The summed E-state index contributed by atoms with van der Waals surface area (Å²) >= 11 is 0. The fourth-order valence-electron chi connectivity index (χ4n) is 1.31. The molecular formula is C13H19NO4. The van der Waals surface area contributed by atoms with Crippen molar-refractivity contribution in [2.75, 3.05) is 32.2 Å². The molecule has 5 nitrogen and oxygen atoms in total. The van der Waals surface area contributed by atoms with Crippen LogP contribution in [0.4, 0.5) is 5.69 Å². The monoisotopic (exact) mass is 253 g/mol. The highest BCUT2D eigenvalue weighted by atomic mass is 16.6. The molecular weight excluding hydrogens is 234 g/mol. The van der Waals surface area contributed by atoms with E-state index in [0.717, 1.165) is 0 Å². The molecule has 0 aliphatic rings. The van der Waals surface area contributed by atoms with Crippen LogP contribution < -0.4 is 10.5 Å². The summed E-state index contributed by atoms with van der Waals surface area (Å²) in [6, 6.07) is 7.31. The molecule has 0 atom stereocenters. The number of carbonyl (C=O) groups excluding carboxylic acids is 1. The number of para-hydroxylation sites is 2. The van der Waals surface area contributed by atoms with E-state index >= 15 is 0 Å². The summed E-state index contributed by atoms with van der Waals surface area (Å²) in [6.07, 6.45) is 0.688. The van der Waals surface area contributed by atoms with Gasteiger partial charge in [0, 0.05) is 6.42 Å². The number of esters is 1. The minimum atomic E-state index is -0.342. The first kappa shape index (κ1) is 14.3. The zero-order valence-electron chi connectivity index (χ0n) is 10.6. The second kappa shape index (κ2) is 8.36. The van der Waals surface area contributed by atoms with Gasteiger partial charge in [-0.1, -0.05) is 12.1 Å². The van der Waals surface area contributed by atoms with Crippen LogP contribution in [0, 0.1) is 0 Å². The van der Waals surface area contributed by atoms with Gasteiger partial charge in [-0.05, 0) is 19.1 Å². The van der Waals surface area contributed by atoms with E-state index in [-0.39, 0.29) is 12.6 Å². The lowest BCUT2D eigenvalue weighted by atomic mass is 10.3. The first-order valence-electron chi connectivity index (χ1n) is 5.94. The second-order valence-corrected chi connectivity index (χ2v) is 3.60. The Hall–Kier alpha value is -1.75. The number of anilines is 1. The molecule has 0 saturated carbocycles. The van der Waals surface area contributed by atoms with Gasteiger partial charge in [0.1, 0.15) is 12.4 Å². The molecule has 0 aromatic heterocycles. The quantitative estimate of drug-likeness (QED) is 0.433. The number of nitrogen functional groups attached to an aromatic ring is 1. The molecule has 100 valence electrons. The van der Waals surface area contributed by atoms with Crippen molar-refractivity contribution in [1.82, 2.24) is 0 Å². The Kier molecular flexibility index (Phi) is 6.64. The van der Waals surface area contributed by atoms with Gasteiger partial charge in [0.25, 0.3) is 0 Å². The molecule has 0 bridgehead atoms. The first-order valence-corrected chi connectivity index (χ1v) is 5.94. The summed E-state index contributed by atoms with van der Waals surface area (Å²) in [5.41, 5.74) is 6.33. The van der Waals surface area contributed by atoms with Crippen LogP contribution in [0.1, 0.15) is 13.3 Å². The van der Waals surface area contributed by atoms with E-state index < -0.39 is 0 Å². The minimum Gasteiger partial charge on any atom is -0.491 e. The summed E-state index contributed by atoms with van der Waals surface area (Å²) < 4.78 is 15.3. The average molecular weight is 253 g/mol. The summed E-state index contributed by atoms with van der Waals surface area (Å²) in [7, 11) is 0. The first-order chi connectivity index (χ1) is 8.74. The highest BCUT2D eigenvalue weighted by Crippen LogP contribution is 2.19. The largest absolute Gasteiger partial charge is 0.491 e. The maximum absolute atomic E-state index is 10.9. The maximum atomic E-state index is 10.9. The van der Waals surface area contributed by atoms with E-state index in [0.29, 0.717) is 37.7 Å². The van der Waals surface area contributed by atoms with Gasteiger partial charge in [0.15, 0.2) is 0 Å². The number of nitrogens with two attached hydrogens (primary N) is 1. The molecule has 0 spiro atoms. The molecule has 1 rings (SSSR count). The van der Waals surface area contributed by atoms with Gasteiger partial charge >= 0.3 is 5.97 Å². The Bertz CT molecular complexity index is 368. The molecule has 0 amide bonds. The van der Waals surface area contributed by atoms with Gasteiger partial charge in [-0.25, -0.2) is 4.79 Å². The Morgan fingerprint density at radius 2 is 2.06 bits per heavy atom. The van der Waals surface area contributed by atoms with E-state index in [1.807, 2.05) is 18.2 Å². The van der Waals surface area contributed by atoms with Crippen molar-refractivity contribution in [2.45, 2.75) is 13.3 Å². The van der Waals surface area contributed by atoms with Crippen LogP contribution in [0.2, 0.25) is 0 Å². The number of benzene rings is 1. The number of hydrogen-bond acceptors (Lipinski definition) is 5. The lowest BCUT2D eigenvalue weighted by Gasteiger charge is -2.08. The fraction of sp³-hybridized carbons (Fsp3) is 0.462. The molecule has 0 radical (unpaired) electrons. The molecule has 0 aliphatic heterocycles. The zero-order chi connectivity index (χ0) is 13.2. The third kappa shape index (κ3) is 5.54. The Morgan fingerprint density at radius 3 is 2.78 bits per heavy atom. The molecule has 0 unspecified atom stereocenters. The maximum Gasteiger partial charge on any atom is 0.332 e. The van der Waals surface area contributed by atoms with Crippen molar-refractivity contribution in [1.29, 1.82) is 0 Å². The standard InChI is InChI=1S/C13H19NO4/c1-2-17-13(15)10-16-8-5-9-18-12-7-4-3-6-11(12)14/h3-4,6-7H,2,5,8-10,14H2,1H3. The number of ether oxygens (including phenoxy) is 3. The van der Waals surface area contributed by atoms with Crippen LogP contribution in [0.3, 0.4) is 0 Å². The van der Waals surface area contributed by atoms with Gasteiger partial charge in [0.2, 0.25) is 0 Å². The van der Waals surface area contributed by atoms with E-state index in [1.54, 1.807) is 13.0 Å². The smallest absolute Gasteiger partial charge is 0.332 e. The molecule has 0 fully saturated rings.